The zero-order valence-electron chi connectivity index (χ0n) is 18.7. The van der Waals surface area contributed by atoms with Crippen molar-refractivity contribution in [3.8, 4) is 0 Å². The summed E-state index contributed by atoms with van der Waals surface area (Å²) in [5, 5.41) is 0. The van der Waals surface area contributed by atoms with Crippen molar-refractivity contribution in [2.75, 3.05) is 13.2 Å². The highest BCUT2D eigenvalue weighted by atomic mass is 16.5. The number of aliphatic imine (C=N–C) groups is 2. The Balaban J connectivity index is 1.99. The first-order valence-corrected chi connectivity index (χ1v) is 11.2. The topological polar surface area (TPSA) is 77.3 Å². The van der Waals surface area contributed by atoms with Gasteiger partial charge in [-0.1, -0.05) is 50.2 Å². The van der Waals surface area contributed by atoms with Crippen molar-refractivity contribution in [2.45, 2.75) is 39.5 Å². The molecule has 2 atom stereocenters. The van der Waals surface area contributed by atoms with Crippen LogP contribution in [0.15, 0.2) is 70.6 Å². The van der Waals surface area contributed by atoms with Crippen LogP contribution in [0.4, 0.5) is 11.4 Å². The van der Waals surface area contributed by atoms with E-state index in [1.54, 1.807) is 0 Å². The minimum Gasteiger partial charge on any atom is -0.465 e. The van der Waals surface area contributed by atoms with Gasteiger partial charge in [0.1, 0.15) is 11.8 Å². The van der Waals surface area contributed by atoms with Crippen molar-refractivity contribution in [1.82, 2.24) is 0 Å². The maximum Gasteiger partial charge on any atom is 0.315 e. The monoisotopic (exact) mass is 434 g/mol. The minimum atomic E-state index is -0.584. The third-order valence-corrected chi connectivity index (χ3v) is 5.15. The molecule has 0 spiro atoms. The Labute approximate surface area is 189 Å². The Kier molecular flexibility index (Phi) is 8.72. The summed E-state index contributed by atoms with van der Waals surface area (Å²) in [5.74, 6) is -1.83. The quantitative estimate of drug-likeness (QED) is 0.517. The molecule has 1 saturated carbocycles. The maximum absolute atomic E-state index is 12.9. The van der Waals surface area contributed by atoms with Crippen LogP contribution in [0, 0.1) is 11.8 Å². The fraction of sp³-hybridized carbons (Fsp3) is 0.385. The van der Waals surface area contributed by atoms with E-state index in [1.807, 2.05) is 74.5 Å². The number of hydrogen-bond donors (Lipinski definition) is 0. The Bertz CT molecular complexity index is 875. The molecular formula is C26H30N2O4. The van der Waals surface area contributed by atoms with E-state index >= 15 is 0 Å². The Hall–Kier alpha value is -3.28. The lowest BCUT2D eigenvalue weighted by Gasteiger charge is -2.29. The number of hydrogen-bond acceptors (Lipinski definition) is 6. The van der Waals surface area contributed by atoms with Crippen molar-refractivity contribution in [3.63, 3.8) is 0 Å². The molecule has 6 heteroatoms. The SMILES string of the molecule is CCCOC(=O)C1CC(=Nc2ccccc2)C(C(=O)OCCC)CC1=Nc1ccccc1. The summed E-state index contributed by atoms with van der Waals surface area (Å²) in [6.45, 7) is 4.60. The molecule has 0 saturated heterocycles. The van der Waals surface area contributed by atoms with E-state index in [0.717, 1.165) is 24.2 Å². The summed E-state index contributed by atoms with van der Waals surface area (Å²) in [6.07, 6.45) is 2.02. The largest absolute Gasteiger partial charge is 0.465 e. The zero-order valence-corrected chi connectivity index (χ0v) is 18.7. The summed E-state index contributed by atoms with van der Waals surface area (Å²) >= 11 is 0. The molecule has 3 rings (SSSR count). The van der Waals surface area contributed by atoms with E-state index < -0.39 is 11.8 Å². The first-order valence-electron chi connectivity index (χ1n) is 11.2. The molecule has 0 radical (unpaired) electrons. The molecule has 0 aromatic heterocycles. The van der Waals surface area contributed by atoms with Gasteiger partial charge in [0.15, 0.2) is 0 Å². The number of ether oxygens (including phenoxy) is 2. The van der Waals surface area contributed by atoms with Gasteiger partial charge in [-0.05, 0) is 37.1 Å². The van der Waals surface area contributed by atoms with Crippen molar-refractivity contribution in [2.24, 2.45) is 21.8 Å². The number of esters is 2. The molecule has 0 heterocycles. The van der Waals surface area contributed by atoms with E-state index in [1.165, 1.54) is 0 Å². The van der Waals surface area contributed by atoms with E-state index in [0.29, 0.717) is 24.6 Å². The molecule has 2 aromatic rings. The summed E-state index contributed by atoms with van der Waals surface area (Å²) in [6, 6.07) is 18.9. The normalized spacial score (nSPS) is 20.8. The van der Waals surface area contributed by atoms with Crippen LogP contribution in [0.5, 0.6) is 0 Å². The van der Waals surface area contributed by atoms with E-state index in [9.17, 15) is 9.59 Å². The standard InChI is InChI=1S/C26H30N2O4/c1-3-15-31-25(29)21-17-24(28-20-13-9-6-10-14-20)22(26(30)32-16-4-2)18-23(21)27-19-11-7-5-8-12-19/h5-14,21-22H,3-4,15-18H2,1-2H3. The summed E-state index contributed by atoms with van der Waals surface area (Å²) in [5.41, 5.74) is 2.73. The third kappa shape index (κ3) is 6.36. The molecule has 0 aliphatic heterocycles. The summed E-state index contributed by atoms with van der Waals surface area (Å²) < 4.78 is 10.9. The van der Waals surface area contributed by atoms with Crippen LogP contribution in [0.2, 0.25) is 0 Å². The first-order chi connectivity index (χ1) is 15.6. The molecule has 0 bridgehead atoms. The number of nitrogens with zero attached hydrogens (tertiary/aromatic N) is 2. The predicted octanol–water partition coefficient (Wildman–Crippen LogP) is 5.46. The number of carbonyl (C=O) groups excluding carboxylic acids is 2. The van der Waals surface area contributed by atoms with Crippen LogP contribution in [-0.2, 0) is 19.1 Å². The summed E-state index contributed by atoms with van der Waals surface area (Å²) in [4.78, 5) is 35.3. The fourth-order valence-corrected chi connectivity index (χ4v) is 3.57. The lowest BCUT2D eigenvalue weighted by Crippen LogP contribution is -2.41. The average Bonchev–Trinajstić information content (AvgIpc) is 2.83. The Morgan fingerprint density at radius 1 is 0.719 bits per heavy atom. The molecule has 168 valence electrons. The number of para-hydroxylation sites is 2. The van der Waals surface area contributed by atoms with Gasteiger partial charge in [-0.3, -0.25) is 19.6 Å². The van der Waals surface area contributed by atoms with Gasteiger partial charge in [0.05, 0.1) is 24.6 Å². The van der Waals surface area contributed by atoms with Gasteiger partial charge in [-0.25, -0.2) is 0 Å². The molecule has 2 aromatic carbocycles. The maximum atomic E-state index is 12.9. The smallest absolute Gasteiger partial charge is 0.315 e. The summed E-state index contributed by atoms with van der Waals surface area (Å²) in [7, 11) is 0. The van der Waals surface area contributed by atoms with Crippen molar-refractivity contribution >= 4 is 34.7 Å². The Morgan fingerprint density at radius 2 is 1.09 bits per heavy atom. The van der Waals surface area contributed by atoms with E-state index in [-0.39, 0.29) is 24.8 Å². The number of carbonyl (C=O) groups is 2. The van der Waals surface area contributed by atoms with Gasteiger partial charge in [0.2, 0.25) is 0 Å². The van der Waals surface area contributed by atoms with Crippen molar-refractivity contribution in [3.05, 3.63) is 60.7 Å². The second kappa shape index (κ2) is 11.9. The van der Waals surface area contributed by atoms with Crippen molar-refractivity contribution < 1.29 is 19.1 Å². The van der Waals surface area contributed by atoms with Crippen molar-refractivity contribution in [1.29, 1.82) is 0 Å². The van der Waals surface area contributed by atoms with E-state index in [2.05, 4.69) is 0 Å². The minimum absolute atomic E-state index is 0.273. The first kappa shape index (κ1) is 23.4. The van der Waals surface area contributed by atoms with Crippen LogP contribution >= 0.6 is 0 Å². The molecular weight excluding hydrogens is 404 g/mol. The third-order valence-electron chi connectivity index (χ3n) is 5.15. The lowest BCUT2D eigenvalue weighted by molar-refractivity contribution is -0.148. The van der Waals surface area contributed by atoms with Crippen LogP contribution in [0.25, 0.3) is 0 Å². The number of benzene rings is 2. The molecule has 0 amide bonds. The van der Waals surface area contributed by atoms with Gasteiger partial charge in [-0.2, -0.15) is 0 Å². The molecule has 1 fully saturated rings. The van der Waals surface area contributed by atoms with Crippen LogP contribution in [-0.4, -0.2) is 36.6 Å². The van der Waals surface area contributed by atoms with Gasteiger partial charge >= 0.3 is 11.9 Å². The van der Waals surface area contributed by atoms with Gasteiger partial charge in [0, 0.05) is 24.3 Å². The highest BCUT2D eigenvalue weighted by Gasteiger charge is 2.40. The second-order valence-corrected chi connectivity index (χ2v) is 7.73. The van der Waals surface area contributed by atoms with E-state index in [4.69, 9.17) is 19.5 Å². The lowest BCUT2D eigenvalue weighted by atomic mass is 9.78. The molecule has 0 N–H and O–H groups in total. The Morgan fingerprint density at radius 3 is 1.44 bits per heavy atom. The van der Waals surface area contributed by atoms with Crippen LogP contribution in [0.3, 0.4) is 0 Å². The second-order valence-electron chi connectivity index (χ2n) is 7.73. The van der Waals surface area contributed by atoms with Gasteiger partial charge in [-0.15, -0.1) is 0 Å². The highest BCUT2D eigenvalue weighted by molar-refractivity contribution is 6.16. The fourth-order valence-electron chi connectivity index (χ4n) is 3.57. The molecule has 1 aliphatic rings. The number of rotatable bonds is 8. The van der Waals surface area contributed by atoms with Gasteiger partial charge in [0.25, 0.3) is 0 Å². The molecule has 1 aliphatic carbocycles. The predicted molar refractivity (Wildman–Crippen MR) is 126 cm³/mol. The zero-order chi connectivity index (χ0) is 22.8. The highest BCUT2D eigenvalue weighted by Crippen LogP contribution is 2.31. The van der Waals surface area contributed by atoms with Crippen LogP contribution < -0.4 is 0 Å². The molecule has 6 nitrogen and oxygen atoms in total. The molecule has 2 unspecified atom stereocenters. The van der Waals surface area contributed by atoms with Crippen LogP contribution in [0.1, 0.15) is 39.5 Å². The average molecular weight is 435 g/mol. The molecule has 32 heavy (non-hydrogen) atoms. The van der Waals surface area contributed by atoms with Gasteiger partial charge < -0.3 is 9.47 Å².